The zero-order valence-electron chi connectivity index (χ0n) is 9.92. The van der Waals surface area contributed by atoms with Crippen molar-refractivity contribution < 1.29 is 23.4 Å². The minimum atomic E-state index is -2.49. The number of halogens is 2. The Morgan fingerprint density at radius 1 is 1.47 bits per heavy atom. The summed E-state index contributed by atoms with van der Waals surface area (Å²) >= 11 is 0. The highest BCUT2D eigenvalue weighted by molar-refractivity contribution is 6.00. The molecule has 7 heteroatoms. The zero-order chi connectivity index (χ0) is 13.8. The van der Waals surface area contributed by atoms with E-state index in [2.05, 4.69) is 4.98 Å². The van der Waals surface area contributed by atoms with Gasteiger partial charge in [0, 0.05) is 6.54 Å². The first kappa shape index (κ1) is 13.4. The maximum absolute atomic E-state index is 11.9. The number of alkyl halides is 2. The largest absolute Gasteiger partial charge is 0.478 e. The SMILES string of the molecule is O=C(O)c1cccc2c1ncn2CCOCC(F)F. The number of hydrogen-bond acceptors (Lipinski definition) is 3. The number of imidazole rings is 1. The van der Waals surface area contributed by atoms with E-state index >= 15 is 0 Å². The van der Waals surface area contributed by atoms with E-state index in [1.54, 1.807) is 16.7 Å². The van der Waals surface area contributed by atoms with Gasteiger partial charge in [-0.2, -0.15) is 0 Å². The molecule has 0 fully saturated rings. The summed E-state index contributed by atoms with van der Waals surface area (Å²) in [5, 5.41) is 9.01. The molecular formula is C12H12F2N2O3. The lowest BCUT2D eigenvalue weighted by Crippen LogP contribution is -2.10. The monoisotopic (exact) mass is 270 g/mol. The van der Waals surface area contributed by atoms with Crippen LogP contribution in [-0.4, -0.2) is 40.3 Å². The van der Waals surface area contributed by atoms with E-state index in [-0.39, 0.29) is 12.2 Å². The Bertz CT molecular complexity index is 583. The number of fused-ring (bicyclic) bond motifs is 1. The molecule has 1 aromatic heterocycles. The number of carboxylic acids is 1. The lowest BCUT2D eigenvalue weighted by molar-refractivity contribution is 0.0150. The van der Waals surface area contributed by atoms with Crippen LogP contribution in [0.5, 0.6) is 0 Å². The van der Waals surface area contributed by atoms with Crippen LogP contribution in [0.25, 0.3) is 11.0 Å². The Labute approximate surface area is 107 Å². The van der Waals surface area contributed by atoms with E-state index in [1.165, 1.54) is 12.4 Å². The smallest absolute Gasteiger partial charge is 0.337 e. The van der Waals surface area contributed by atoms with Gasteiger partial charge >= 0.3 is 5.97 Å². The molecular weight excluding hydrogens is 258 g/mol. The van der Waals surface area contributed by atoms with E-state index in [1.807, 2.05) is 0 Å². The first-order valence-corrected chi connectivity index (χ1v) is 5.62. The van der Waals surface area contributed by atoms with E-state index in [0.717, 1.165) is 0 Å². The van der Waals surface area contributed by atoms with Gasteiger partial charge in [0.2, 0.25) is 0 Å². The van der Waals surface area contributed by atoms with Gasteiger partial charge in [-0.15, -0.1) is 0 Å². The molecule has 2 aromatic rings. The molecule has 0 saturated carbocycles. The Morgan fingerprint density at radius 2 is 2.26 bits per heavy atom. The molecule has 0 bridgehead atoms. The number of nitrogens with zero attached hydrogens (tertiary/aromatic N) is 2. The van der Waals surface area contributed by atoms with Gasteiger partial charge in [0.05, 0.1) is 24.0 Å². The Balaban J connectivity index is 2.12. The van der Waals surface area contributed by atoms with Crippen LogP contribution >= 0.6 is 0 Å². The first-order valence-electron chi connectivity index (χ1n) is 5.62. The molecule has 0 unspecified atom stereocenters. The lowest BCUT2D eigenvalue weighted by atomic mass is 10.2. The van der Waals surface area contributed by atoms with Crippen molar-refractivity contribution in [1.82, 2.24) is 9.55 Å². The molecule has 1 aromatic carbocycles. The number of hydrogen-bond donors (Lipinski definition) is 1. The second-order valence-electron chi connectivity index (χ2n) is 3.88. The Morgan fingerprint density at radius 3 is 2.95 bits per heavy atom. The Hall–Kier alpha value is -2.02. The van der Waals surface area contributed by atoms with Gasteiger partial charge in [-0.05, 0) is 12.1 Å². The second kappa shape index (κ2) is 5.75. The van der Waals surface area contributed by atoms with Crippen molar-refractivity contribution in [3.05, 3.63) is 30.1 Å². The maximum atomic E-state index is 11.9. The number of benzene rings is 1. The molecule has 5 nitrogen and oxygen atoms in total. The second-order valence-corrected chi connectivity index (χ2v) is 3.88. The molecule has 1 heterocycles. The lowest BCUT2D eigenvalue weighted by Gasteiger charge is -2.05. The van der Waals surface area contributed by atoms with Crippen molar-refractivity contribution >= 4 is 17.0 Å². The molecule has 0 atom stereocenters. The number of carboxylic acid groups (broad SMARTS) is 1. The number of aromatic nitrogens is 2. The van der Waals surface area contributed by atoms with E-state index < -0.39 is 19.0 Å². The van der Waals surface area contributed by atoms with Crippen LogP contribution in [0.4, 0.5) is 8.78 Å². The third-order valence-electron chi connectivity index (χ3n) is 2.60. The molecule has 19 heavy (non-hydrogen) atoms. The molecule has 2 rings (SSSR count). The average Bonchev–Trinajstić information content (AvgIpc) is 2.77. The number of aromatic carboxylic acids is 1. The van der Waals surface area contributed by atoms with Crippen LogP contribution in [0.2, 0.25) is 0 Å². The van der Waals surface area contributed by atoms with E-state index in [4.69, 9.17) is 9.84 Å². The van der Waals surface area contributed by atoms with Crippen molar-refractivity contribution in [1.29, 1.82) is 0 Å². The summed E-state index contributed by atoms with van der Waals surface area (Å²) < 4.78 is 30.2. The van der Waals surface area contributed by atoms with Crippen molar-refractivity contribution in [2.24, 2.45) is 0 Å². The maximum Gasteiger partial charge on any atom is 0.337 e. The number of ether oxygens (including phenoxy) is 1. The fraction of sp³-hybridized carbons (Fsp3) is 0.333. The Kier molecular flexibility index (Phi) is 4.06. The topological polar surface area (TPSA) is 64.3 Å². The van der Waals surface area contributed by atoms with Crippen LogP contribution in [0, 0.1) is 0 Å². The molecule has 0 aliphatic carbocycles. The summed E-state index contributed by atoms with van der Waals surface area (Å²) in [6.07, 6.45) is -1.01. The fourth-order valence-corrected chi connectivity index (χ4v) is 1.77. The molecule has 0 saturated heterocycles. The van der Waals surface area contributed by atoms with Crippen LogP contribution < -0.4 is 0 Å². The number of rotatable bonds is 6. The zero-order valence-corrected chi connectivity index (χ0v) is 9.92. The highest BCUT2D eigenvalue weighted by Crippen LogP contribution is 2.17. The summed E-state index contributed by atoms with van der Waals surface area (Å²) in [6, 6.07) is 4.81. The van der Waals surface area contributed by atoms with Crippen LogP contribution in [0.3, 0.4) is 0 Å². The molecule has 0 radical (unpaired) electrons. The summed E-state index contributed by atoms with van der Waals surface area (Å²) in [5.41, 5.74) is 1.13. The summed E-state index contributed by atoms with van der Waals surface area (Å²) in [7, 11) is 0. The standard InChI is InChI=1S/C12H12F2N2O3/c13-10(14)6-19-5-4-16-7-15-11-8(12(17)18)2-1-3-9(11)16/h1-3,7,10H,4-6H2,(H,17,18). The predicted octanol–water partition coefficient (Wildman–Crippen LogP) is 2.02. The van der Waals surface area contributed by atoms with Crippen molar-refractivity contribution in [3.8, 4) is 0 Å². The van der Waals surface area contributed by atoms with Crippen LogP contribution in [0.15, 0.2) is 24.5 Å². The molecule has 1 N–H and O–H groups in total. The van der Waals surface area contributed by atoms with Crippen molar-refractivity contribution in [2.75, 3.05) is 13.2 Å². The van der Waals surface area contributed by atoms with Crippen LogP contribution in [0.1, 0.15) is 10.4 Å². The average molecular weight is 270 g/mol. The van der Waals surface area contributed by atoms with Gasteiger partial charge in [-0.1, -0.05) is 6.07 Å². The van der Waals surface area contributed by atoms with Gasteiger partial charge in [-0.25, -0.2) is 18.6 Å². The normalized spacial score (nSPS) is 11.3. The highest BCUT2D eigenvalue weighted by atomic mass is 19.3. The molecule has 0 spiro atoms. The van der Waals surface area contributed by atoms with Gasteiger partial charge in [-0.3, -0.25) is 0 Å². The quantitative estimate of drug-likeness (QED) is 0.815. The van der Waals surface area contributed by atoms with Crippen LogP contribution in [-0.2, 0) is 11.3 Å². The minimum Gasteiger partial charge on any atom is -0.478 e. The highest BCUT2D eigenvalue weighted by Gasteiger charge is 2.12. The van der Waals surface area contributed by atoms with E-state index in [0.29, 0.717) is 17.6 Å². The number of para-hydroxylation sites is 1. The van der Waals surface area contributed by atoms with Gasteiger partial charge < -0.3 is 14.4 Å². The van der Waals surface area contributed by atoms with Crippen molar-refractivity contribution in [3.63, 3.8) is 0 Å². The first-order chi connectivity index (χ1) is 9.09. The van der Waals surface area contributed by atoms with Gasteiger partial charge in [0.1, 0.15) is 12.1 Å². The van der Waals surface area contributed by atoms with Crippen molar-refractivity contribution in [2.45, 2.75) is 13.0 Å². The summed E-state index contributed by atoms with van der Waals surface area (Å²) in [5.74, 6) is -1.05. The predicted molar refractivity (Wildman–Crippen MR) is 63.5 cm³/mol. The molecule has 0 amide bonds. The van der Waals surface area contributed by atoms with Gasteiger partial charge in [0.25, 0.3) is 6.43 Å². The molecule has 0 aliphatic rings. The summed E-state index contributed by atoms with van der Waals surface area (Å²) in [6.45, 7) is -0.146. The van der Waals surface area contributed by atoms with E-state index in [9.17, 15) is 13.6 Å². The minimum absolute atomic E-state index is 0.116. The third kappa shape index (κ3) is 3.05. The number of carbonyl (C=O) groups is 1. The molecule has 0 aliphatic heterocycles. The molecule has 102 valence electrons. The summed E-state index contributed by atoms with van der Waals surface area (Å²) in [4.78, 5) is 15.0. The van der Waals surface area contributed by atoms with Gasteiger partial charge in [0.15, 0.2) is 0 Å². The fourth-order valence-electron chi connectivity index (χ4n) is 1.77. The third-order valence-corrected chi connectivity index (χ3v) is 2.60.